The SMILES string of the molecule is CCC(NC(=O)CNC(C)(C)C)c1cccs1. The van der Waals surface area contributed by atoms with Crippen LogP contribution in [0.2, 0.25) is 0 Å². The van der Waals surface area contributed by atoms with E-state index in [2.05, 4.69) is 44.4 Å². The first-order valence-corrected chi connectivity index (χ1v) is 6.88. The molecule has 1 atom stereocenters. The van der Waals surface area contributed by atoms with Crippen LogP contribution >= 0.6 is 11.3 Å². The molecule has 0 aromatic carbocycles. The van der Waals surface area contributed by atoms with Gasteiger partial charge in [0, 0.05) is 10.4 Å². The number of nitrogens with one attached hydrogen (secondary N) is 2. The molecule has 1 unspecified atom stereocenters. The van der Waals surface area contributed by atoms with Gasteiger partial charge >= 0.3 is 0 Å². The lowest BCUT2D eigenvalue weighted by Gasteiger charge is -2.21. The minimum absolute atomic E-state index is 0.0258. The van der Waals surface area contributed by atoms with Gasteiger partial charge in [0.1, 0.15) is 0 Å². The molecule has 1 aromatic rings. The zero-order valence-corrected chi connectivity index (χ0v) is 11.9. The highest BCUT2D eigenvalue weighted by Gasteiger charge is 2.15. The van der Waals surface area contributed by atoms with Crippen molar-refractivity contribution in [2.75, 3.05) is 6.54 Å². The standard InChI is InChI=1S/C13H22N2OS/c1-5-10(11-7-6-8-17-11)15-12(16)9-14-13(2,3)4/h6-8,10,14H,5,9H2,1-4H3,(H,15,16). The summed E-state index contributed by atoms with van der Waals surface area (Å²) in [6.07, 6.45) is 0.918. The second kappa shape index (κ2) is 6.17. The van der Waals surface area contributed by atoms with Crippen LogP contribution in [0.4, 0.5) is 0 Å². The van der Waals surface area contributed by atoms with Crippen LogP contribution in [0, 0.1) is 0 Å². The minimum atomic E-state index is -0.0258. The van der Waals surface area contributed by atoms with Gasteiger partial charge in [-0.15, -0.1) is 11.3 Å². The zero-order chi connectivity index (χ0) is 12.9. The molecule has 0 aliphatic rings. The Morgan fingerprint density at radius 2 is 2.18 bits per heavy atom. The molecule has 0 saturated carbocycles. The molecule has 0 aliphatic carbocycles. The minimum Gasteiger partial charge on any atom is -0.347 e. The summed E-state index contributed by atoms with van der Waals surface area (Å²) in [5.74, 6) is 0.0557. The van der Waals surface area contributed by atoms with Crippen LogP contribution < -0.4 is 10.6 Å². The quantitative estimate of drug-likeness (QED) is 0.848. The molecule has 0 bridgehead atoms. The fourth-order valence-electron chi connectivity index (χ4n) is 1.45. The second-order valence-electron chi connectivity index (χ2n) is 5.15. The van der Waals surface area contributed by atoms with E-state index in [-0.39, 0.29) is 17.5 Å². The Labute approximate surface area is 108 Å². The van der Waals surface area contributed by atoms with Gasteiger partial charge in [-0.1, -0.05) is 13.0 Å². The van der Waals surface area contributed by atoms with Crippen molar-refractivity contribution in [2.45, 2.75) is 45.7 Å². The highest BCUT2D eigenvalue weighted by molar-refractivity contribution is 7.10. The topological polar surface area (TPSA) is 41.1 Å². The van der Waals surface area contributed by atoms with E-state index in [1.165, 1.54) is 4.88 Å². The molecular formula is C13H22N2OS. The van der Waals surface area contributed by atoms with E-state index in [4.69, 9.17) is 0 Å². The predicted octanol–water partition coefficient (Wildman–Crippen LogP) is 2.70. The Morgan fingerprint density at radius 1 is 1.47 bits per heavy atom. The number of rotatable bonds is 5. The highest BCUT2D eigenvalue weighted by atomic mass is 32.1. The van der Waals surface area contributed by atoms with Gasteiger partial charge in [0.05, 0.1) is 12.6 Å². The maximum absolute atomic E-state index is 11.8. The largest absolute Gasteiger partial charge is 0.347 e. The van der Waals surface area contributed by atoms with Crippen molar-refractivity contribution < 1.29 is 4.79 Å². The molecule has 1 heterocycles. The summed E-state index contributed by atoms with van der Waals surface area (Å²) in [5.41, 5.74) is -0.0258. The maximum atomic E-state index is 11.8. The lowest BCUT2D eigenvalue weighted by Crippen LogP contribution is -2.43. The van der Waals surface area contributed by atoms with E-state index in [0.717, 1.165) is 6.42 Å². The third-order valence-corrected chi connectivity index (χ3v) is 3.40. The number of hydrogen-bond acceptors (Lipinski definition) is 3. The van der Waals surface area contributed by atoms with Crippen LogP contribution in [-0.4, -0.2) is 18.0 Å². The van der Waals surface area contributed by atoms with Crippen molar-refractivity contribution in [1.29, 1.82) is 0 Å². The Balaban J connectivity index is 2.44. The third-order valence-electron chi connectivity index (χ3n) is 2.41. The molecule has 1 amide bonds. The van der Waals surface area contributed by atoms with E-state index >= 15 is 0 Å². The summed E-state index contributed by atoms with van der Waals surface area (Å²) in [5, 5.41) is 8.28. The van der Waals surface area contributed by atoms with E-state index in [1.807, 2.05) is 11.4 Å². The smallest absolute Gasteiger partial charge is 0.234 e. The van der Waals surface area contributed by atoms with E-state index in [0.29, 0.717) is 6.54 Å². The van der Waals surface area contributed by atoms with Crippen molar-refractivity contribution in [3.63, 3.8) is 0 Å². The second-order valence-corrected chi connectivity index (χ2v) is 6.13. The molecule has 0 fully saturated rings. The van der Waals surface area contributed by atoms with Gasteiger partial charge in [0.25, 0.3) is 0 Å². The van der Waals surface area contributed by atoms with Gasteiger partial charge in [0.15, 0.2) is 0 Å². The maximum Gasteiger partial charge on any atom is 0.234 e. The Bertz CT molecular complexity index is 341. The van der Waals surface area contributed by atoms with Crippen LogP contribution in [-0.2, 0) is 4.79 Å². The first-order valence-electron chi connectivity index (χ1n) is 6.00. The Hall–Kier alpha value is -0.870. The monoisotopic (exact) mass is 254 g/mol. The Morgan fingerprint density at radius 3 is 2.65 bits per heavy atom. The van der Waals surface area contributed by atoms with Crippen molar-refractivity contribution >= 4 is 17.2 Å². The molecule has 1 rings (SSSR count). The summed E-state index contributed by atoms with van der Waals surface area (Å²) in [7, 11) is 0. The first-order chi connectivity index (χ1) is 7.92. The van der Waals surface area contributed by atoms with E-state index in [1.54, 1.807) is 11.3 Å². The van der Waals surface area contributed by atoms with Gasteiger partial charge in [-0.25, -0.2) is 0 Å². The van der Waals surface area contributed by atoms with Crippen molar-refractivity contribution in [3.8, 4) is 0 Å². The molecule has 1 aromatic heterocycles. The summed E-state index contributed by atoms with van der Waals surface area (Å²) < 4.78 is 0. The summed E-state index contributed by atoms with van der Waals surface area (Å²) in [6.45, 7) is 8.61. The molecule has 0 saturated heterocycles. The van der Waals surface area contributed by atoms with Crippen molar-refractivity contribution in [2.24, 2.45) is 0 Å². The molecule has 0 spiro atoms. The number of hydrogen-bond donors (Lipinski definition) is 2. The number of carbonyl (C=O) groups is 1. The molecule has 0 aliphatic heterocycles. The van der Waals surface area contributed by atoms with Gasteiger partial charge in [-0.05, 0) is 38.6 Å². The molecule has 0 radical (unpaired) electrons. The molecular weight excluding hydrogens is 232 g/mol. The predicted molar refractivity (Wildman–Crippen MR) is 73.2 cm³/mol. The molecule has 4 heteroatoms. The van der Waals surface area contributed by atoms with Gasteiger partial charge in [-0.3, -0.25) is 4.79 Å². The van der Waals surface area contributed by atoms with Crippen LogP contribution in [0.5, 0.6) is 0 Å². The average molecular weight is 254 g/mol. The zero-order valence-electron chi connectivity index (χ0n) is 11.0. The van der Waals surface area contributed by atoms with Crippen LogP contribution in [0.1, 0.15) is 45.0 Å². The fourth-order valence-corrected chi connectivity index (χ4v) is 2.32. The van der Waals surface area contributed by atoms with Crippen LogP contribution in [0.3, 0.4) is 0 Å². The summed E-state index contributed by atoms with van der Waals surface area (Å²) in [6, 6.07) is 4.22. The van der Waals surface area contributed by atoms with Crippen molar-refractivity contribution in [1.82, 2.24) is 10.6 Å². The Kier molecular flexibility index (Phi) is 5.15. The highest BCUT2D eigenvalue weighted by Crippen LogP contribution is 2.21. The van der Waals surface area contributed by atoms with Crippen LogP contribution in [0.15, 0.2) is 17.5 Å². The lowest BCUT2D eigenvalue weighted by molar-refractivity contribution is -0.121. The van der Waals surface area contributed by atoms with Crippen LogP contribution in [0.25, 0.3) is 0 Å². The first kappa shape index (κ1) is 14.2. The summed E-state index contributed by atoms with van der Waals surface area (Å²) >= 11 is 1.69. The number of amides is 1. The molecule has 17 heavy (non-hydrogen) atoms. The van der Waals surface area contributed by atoms with E-state index < -0.39 is 0 Å². The number of carbonyl (C=O) groups excluding carboxylic acids is 1. The lowest BCUT2D eigenvalue weighted by atomic mass is 10.1. The van der Waals surface area contributed by atoms with Gasteiger partial charge in [-0.2, -0.15) is 0 Å². The summed E-state index contributed by atoms with van der Waals surface area (Å²) in [4.78, 5) is 13.0. The molecule has 2 N–H and O–H groups in total. The molecule has 3 nitrogen and oxygen atoms in total. The fraction of sp³-hybridized carbons (Fsp3) is 0.615. The van der Waals surface area contributed by atoms with Gasteiger partial charge < -0.3 is 10.6 Å². The van der Waals surface area contributed by atoms with Gasteiger partial charge in [0.2, 0.25) is 5.91 Å². The third kappa shape index (κ3) is 5.33. The number of thiophene rings is 1. The van der Waals surface area contributed by atoms with E-state index in [9.17, 15) is 4.79 Å². The normalized spacial score (nSPS) is 13.4. The molecule has 96 valence electrons. The average Bonchev–Trinajstić information content (AvgIpc) is 2.75. The van der Waals surface area contributed by atoms with Crippen molar-refractivity contribution in [3.05, 3.63) is 22.4 Å².